The number of rotatable bonds is 8. The summed E-state index contributed by atoms with van der Waals surface area (Å²) in [6.45, 7) is 5.26. The maximum atomic E-state index is 11.6. The summed E-state index contributed by atoms with van der Waals surface area (Å²) >= 11 is 0. The van der Waals surface area contributed by atoms with Gasteiger partial charge in [-0.25, -0.2) is 8.42 Å². The monoisotopic (exact) mass is 265 g/mol. The van der Waals surface area contributed by atoms with Crippen LogP contribution in [0.25, 0.3) is 0 Å². The first-order valence-corrected chi connectivity index (χ1v) is 7.68. The summed E-state index contributed by atoms with van der Waals surface area (Å²) in [6.07, 6.45) is 0.630. The van der Waals surface area contributed by atoms with Gasteiger partial charge in [-0.2, -0.15) is 0 Å². The Hall–Kier alpha value is -0.620. The zero-order valence-corrected chi connectivity index (χ0v) is 11.6. The molecule has 0 radical (unpaired) electrons. The number of carbonyl (C=O) groups is 1. The van der Waals surface area contributed by atoms with Gasteiger partial charge in [0.1, 0.15) is 9.84 Å². The van der Waals surface area contributed by atoms with Gasteiger partial charge in [-0.1, -0.05) is 20.8 Å². The molecule has 0 heterocycles. The van der Waals surface area contributed by atoms with Crippen LogP contribution < -0.4 is 5.73 Å². The van der Waals surface area contributed by atoms with Gasteiger partial charge in [-0.05, 0) is 18.8 Å². The smallest absolute Gasteiger partial charge is 0.311 e. The maximum absolute atomic E-state index is 11.6. The van der Waals surface area contributed by atoms with E-state index >= 15 is 0 Å². The standard InChI is InChI=1S/C11H23NO4S/c1-4-6-17(15,16)7-5-11(8-12,9(2)3)10(13)14/h9H,4-8,12H2,1-3H3,(H,13,14). The Morgan fingerprint density at radius 3 is 2.18 bits per heavy atom. The molecule has 17 heavy (non-hydrogen) atoms. The molecular weight excluding hydrogens is 242 g/mol. The average Bonchev–Trinajstić information content (AvgIpc) is 2.17. The third-order valence-corrected chi connectivity index (χ3v) is 5.13. The van der Waals surface area contributed by atoms with Gasteiger partial charge in [-0.3, -0.25) is 4.79 Å². The van der Waals surface area contributed by atoms with E-state index < -0.39 is 21.2 Å². The van der Waals surface area contributed by atoms with Crippen LogP contribution in [0.15, 0.2) is 0 Å². The summed E-state index contributed by atoms with van der Waals surface area (Å²) < 4.78 is 23.2. The molecular formula is C11H23NO4S. The molecule has 0 aliphatic carbocycles. The molecule has 0 amide bonds. The highest BCUT2D eigenvalue weighted by molar-refractivity contribution is 7.91. The van der Waals surface area contributed by atoms with Crippen LogP contribution in [-0.2, 0) is 14.6 Å². The van der Waals surface area contributed by atoms with E-state index in [0.29, 0.717) is 6.42 Å². The van der Waals surface area contributed by atoms with E-state index in [0.717, 1.165) is 0 Å². The summed E-state index contributed by atoms with van der Waals surface area (Å²) in [5.41, 5.74) is 4.40. The van der Waals surface area contributed by atoms with Crippen molar-refractivity contribution in [1.82, 2.24) is 0 Å². The predicted octanol–water partition coefficient (Wildman–Crippen LogP) is 0.887. The van der Waals surface area contributed by atoms with Crippen molar-refractivity contribution in [3.05, 3.63) is 0 Å². The van der Waals surface area contributed by atoms with Crippen molar-refractivity contribution in [2.45, 2.75) is 33.6 Å². The molecule has 1 unspecified atom stereocenters. The summed E-state index contributed by atoms with van der Waals surface area (Å²) in [7, 11) is -3.16. The molecule has 6 heteroatoms. The van der Waals surface area contributed by atoms with Gasteiger partial charge in [0.15, 0.2) is 0 Å². The molecule has 0 saturated heterocycles. The van der Waals surface area contributed by atoms with Crippen LogP contribution in [0.2, 0.25) is 0 Å². The Balaban J connectivity index is 4.86. The van der Waals surface area contributed by atoms with Crippen LogP contribution in [0, 0.1) is 11.3 Å². The average molecular weight is 265 g/mol. The molecule has 0 saturated carbocycles. The molecule has 5 nitrogen and oxygen atoms in total. The number of nitrogens with two attached hydrogens (primary N) is 1. The van der Waals surface area contributed by atoms with Crippen molar-refractivity contribution < 1.29 is 18.3 Å². The topological polar surface area (TPSA) is 97.5 Å². The number of hydrogen-bond donors (Lipinski definition) is 2. The van der Waals surface area contributed by atoms with Gasteiger partial charge in [0.05, 0.1) is 11.2 Å². The van der Waals surface area contributed by atoms with Gasteiger partial charge in [0.25, 0.3) is 0 Å². The Labute approximate surface area is 103 Å². The summed E-state index contributed by atoms with van der Waals surface area (Å²) in [6, 6.07) is 0. The first-order valence-electron chi connectivity index (χ1n) is 5.85. The molecule has 0 aliphatic heterocycles. The van der Waals surface area contributed by atoms with Gasteiger partial charge < -0.3 is 10.8 Å². The van der Waals surface area contributed by atoms with Crippen LogP contribution in [-0.4, -0.2) is 37.5 Å². The van der Waals surface area contributed by atoms with E-state index in [1.807, 2.05) is 0 Å². The zero-order chi connectivity index (χ0) is 13.7. The number of carboxylic acid groups (broad SMARTS) is 1. The number of carboxylic acids is 1. The van der Waals surface area contributed by atoms with E-state index in [1.165, 1.54) is 0 Å². The van der Waals surface area contributed by atoms with E-state index in [4.69, 9.17) is 5.73 Å². The van der Waals surface area contributed by atoms with E-state index in [-0.39, 0.29) is 30.4 Å². The minimum Gasteiger partial charge on any atom is -0.481 e. The van der Waals surface area contributed by atoms with E-state index in [2.05, 4.69) is 0 Å². The number of aliphatic carboxylic acids is 1. The van der Waals surface area contributed by atoms with Gasteiger partial charge in [-0.15, -0.1) is 0 Å². The fourth-order valence-electron chi connectivity index (χ4n) is 1.82. The van der Waals surface area contributed by atoms with Crippen LogP contribution in [0.3, 0.4) is 0 Å². The fraction of sp³-hybridized carbons (Fsp3) is 0.909. The largest absolute Gasteiger partial charge is 0.481 e. The lowest BCUT2D eigenvalue weighted by Gasteiger charge is -2.31. The molecule has 0 aromatic rings. The van der Waals surface area contributed by atoms with Crippen LogP contribution in [0.4, 0.5) is 0 Å². The second-order valence-electron chi connectivity index (χ2n) is 4.72. The van der Waals surface area contributed by atoms with Crippen molar-refractivity contribution in [1.29, 1.82) is 0 Å². The van der Waals surface area contributed by atoms with E-state index in [9.17, 15) is 18.3 Å². The first-order chi connectivity index (χ1) is 7.72. The lowest BCUT2D eigenvalue weighted by molar-refractivity contribution is -0.151. The molecule has 102 valence electrons. The maximum Gasteiger partial charge on any atom is 0.311 e. The SMILES string of the molecule is CCCS(=O)(=O)CCC(CN)(C(=O)O)C(C)C. The summed E-state index contributed by atoms with van der Waals surface area (Å²) in [5, 5.41) is 9.25. The highest BCUT2D eigenvalue weighted by Gasteiger charge is 2.41. The summed E-state index contributed by atoms with van der Waals surface area (Å²) in [5.74, 6) is -1.21. The highest BCUT2D eigenvalue weighted by atomic mass is 32.2. The summed E-state index contributed by atoms with van der Waals surface area (Å²) in [4.78, 5) is 11.3. The van der Waals surface area contributed by atoms with Gasteiger partial charge in [0, 0.05) is 12.3 Å². The Morgan fingerprint density at radius 1 is 1.35 bits per heavy atom. The van der Waals surface area contributed by atoms with Gasteiger partial charge >= 0.3 is 5.97 Å². The van der Waals surface area contributed by atoms with Crippen molar-refractivity contribution >= 4 is 15.8 Å². The molecule has 0 aromatic heterocycles. The molecule has 0 aromatic carbocycles. The van der Waals surface area contributed by atoms with Crippen LogP contribution >= 0.6 is 0 Å². The second-order valence-corrected chi connectivity index (χ2v) is 7.03. The lowest BCUT2D eigenvalue weighted by Crippen LogP contribution is -2.44. The quantitative estimate of drug-likeness (QED) is 0.679. The predicted molar refractivity (Wildman–Crippen MR) is 67.5 cm³/mol. The molecule has 0 spiro atoms. The third kappa shape index (κ3) is 4.27. The first kappa shape index (κ1) is 16.4. The van der Waals surface area contributed by atoms with Crippen molar-refractivity contribution in [3.8, 4) is 0 Å². The lowest BCUT2D eigenvalue weighted by atomic mass is 9.75. The minimum atomic E-state index is -3.16. The van der Waals surface area contributed by atoms with Crippen molar-refractivity contribution in [3.63, 3.8) is 0 Å². The number of hydrogen-bond acceptors (Lipinski definition) is 4. The molecule has 3 N–H and O–H groups in total. The van der Waals surface area contributed by atoms with E-state index in [1.54, 1.807) is 20.8 Å². The third-order valence-electron chi connectivity index (χ3n) is 3.27. The van der Waals surface area contributed by atoms with Crippen LogP contribution in [0.5, 0.6) is 0 Å². The number of sulfone groups is 1. The fourth-order valence-corrected chi connectivity index (χ4v) is 3.32. The molecule has 0 rings (SSSR count). The Morgan fingerprint density at radius 2 is 1.88 bits per heavy atom. The van der Waals surface area contributed by atoms with Gasteiger partial charge in [0.2, 0.25) is 0 Å². The zero-order valence-electron chi connectivity index (χ0n) is 10.8. The van der Waals surface area contributed by atoms with Crippen molar-refractivity contribution in [2.24, 2.45) is 17.1 Å². The highest BCUT2D eigenvalue weighted by Crippen LogP contribution is 2.31. The molecule has 0 bridgehead atoms. The second kappa shape index (κ2) is 6.35. The normalized spacial score (nSPS) is 15.8. The molecule has 0 fully saturated rings. The Kier molecular flexibility index (Phi) is 6.12. The molecule has 0 aliphatic rings. The Bertz CT molecular complexity index is 350. The minimum absolute atomic E-state index is 0.0400. The molecule has 1 atom stereocenters. The van der Waals surface area contributed by atoms with Crippen LogP contribution in [0.1, 0.15) is 33.6 Å². The van der Waals surface area contributed by atoms with Crippen molar-refractivity contribution in [2.75, 3.05) is 18.1 Å².